The molecule has 1 aromatic carbocycles. The molecule has 3 aromatic rings. The van der Waals surface area contributed by atoms with Crippen LogP contribution in [0.25, 0.3) is 4.96 Å². The molecule has 1 atom stereocenters. The molecule has 2 aromatic heterocycles. The maximum Gasteiger partial charge on any atom is 0.288 e. The van der Waals surface area contributed by atoms with Gasteiger partial charge in [0.15, 0.2) is 0 Å². The van der Waals surface area contributed by atoms with E-state index in [1.54, 1.807) is 17.0 Å². The first-order chi connectivity index (χ1) is 15.5. The maximum atomic E-state index is 13.2. The number of carbonyl (C=O) groups excluding carboxylic acids is 1. The molecule has 10 heteroatoms. The van der Waals surface area contributed by atoms with Gasteiger partial charge in [-0.25, -0.2) is 9.37 Å². The zero-order chi connectivity index (χ0) is 22.2. The Bertz CT molecular complexity index is 1190. The molecule has 2 saturated heterocycles. The van der Waals surface area contributed by atoms with Gasteiger partial charge in [-0.3, -0.25) is 9.59 Å². The maximum absolute atomic E-state index is 13.2. The molecule has 1 amide bonds. The smallest absolute Gasteiger partial charge is 0.288 e. The highest BCUT2D eigenvalue weighted by molar-refractivity contribution is 7.20. The number of hydrogen-bond donors (Lipinski definition) is 0. The molecule has 8 nitrogen and oxygen atoms in total. The quantitative estimate of drug-likeness (QED) is 0.603. The fourth-order valence-electron chi connectivity index (χ4n) is 4.40. The van der Waals surface area contributed by atoms with Crippen molar-refractivity contribution >= 4 is 33.0 Å². The molecule has 168 valence electrons. The predicted octanol–water partition coefficient (Wildman–Crippen LogP) is 2.49. The number of anilines is 2. The first-order valence-electron chi connectivity index (χ1n) is 10.9. The Morgan fingerprint density at radius 2 is 1.84 bits per heavy atom. The second kappa shape index (κ2) is 8.50. The minimum atomic E-state index is -0.423. The molecule has 2 fully saturated rings. The summed E-state index contributed by atoms with van der Waals surface area (Å²) in [5.74, 6) is -0.00566. The molecule has 0 aliphatic carbocycles. The minimum Gasteiger partial charge on any atom is -0.368 e. The van der Waals surface area contributed by atoms with Crippen LogP contribution in [0.5, 0.6) is 0 Å². The molecule has 2 aliphatic heterocycles. The highest BCUT2D eigenvalue weighted by Gasteiger charge is 2.26. The first-order valence-corrected chi connectivity index (χ1v) is 11.7. The van der Waals surface area contributed by atoms with E-state index in [2.05, 4.69) is 26.8 Å². The topological polar surface area (TPSA) is 74.1 Å². The highest BCUT2D eigenvalue weighted by Crippen LogP contribution is 2.26. The van der Waals surface area contributed by atoms with Crippen molar-refractivity contribution in [3.63, 3.8) is 0 Å². The molecule has 2 aliphatic rings. The number of hydrogen-bond acceptors (Lipinski definition) is 7. The number of carbonyl (C=O) groups is 1. The Morgan fingerprint density at radius 3 is 2.56 bits per heavy atom. The first kappa shape index (κ1) is 20.9. The molecule has 4 heterocycles. The Labute approximate surface area is 188 Å². The zero-order valence-electron chi connectivity index (χ0n) is 17.9. The molecule has 0 bridgehead atoms. The molecule has 0 saturated carbocycles. The Hall–Kier alpha value is -3.01. The minimum absolute atomic E-state index is 0.0431. The summed E-state index contributed by atoms with van der Waals surface area (Å²) in [7, 11) is 0. The van der Waals surface area contributed by atoms with E-state index in [4.69, 9.17) is 0 Å². The van der Waals surface area contributed by atoms with Gasteiger partial charge in [0.1, 0.15) is 11.4 Å². The summed E-state index contributed by atoms with van der Waals surface area (Å²) in [6.07, 6.45) is 3.69. The van der Waals surface area contributed by atoms with Gasteiger partial charge in [-0.15, -0.1) is 5.10 Å². The number of amides is 1. The lowest BCUT2D eigenvalue weighted by molar-refractivity contribution is 0.0744. The number of fused-ring (bicyclic) bond motifs is 1. The molecular weight excluding hydrogens is 431 g/mol. The standard InChI is InChI=1S/C22H25FN6O2S/c1-15-3-2-8-28(14-15)22-25-29-20(31)18(13-24-21(29)32-22)19(30)27-11-9-26(10-12-27)17-6-4-16(23)5-7-17/h4-7,13,15H,2-3,8-12,14H2,1H3. The zero-order valence-corrected chi connectivity index (χ0v) is 18.7. The monoisotopic (exact) mass is 456 g/mol. The third-order valence-electron chi connectivity index (χ3n) is 6.19. The SMILES string of the molecule is CC1CCCN(c2nn3c(=O)c(C(=O)N4CCN(c5ccc(F)cc5)CC4)cnc3s2)C1. The van der Waals surface area contributed by atoms with Crippen molar-refractivity contribution in [2.45, 2.75) is 19.8 Å². The van der Waals surface area contributed by atoms with Crippen LogP contribution in [-0.2, 0) is 0 Å². The van der Waals surface area contributed by atoms with E-state index in [-0.39, 0.29) is 17.3 Å². The lowest BCUT2D eigenvalue weighted by Crippen LogP contribution is -2.49. The number of benzene rings is 1. The highest BCUT2D eigenvalue weighted by atomic mass is 32.1. The van der Waals surface area contributed by atoms with Crippen molar-refractivity contribution in [2.24, 2.45) is 5.92 Å². The van der Waals surface area contributed by atoms with Gasteiger partial charge in [0.05, 0.1) is 0 Å². The summed E-state index contributed by atoms with van der Waals surface area (Å²) in [6.45, 7) is 6.24. The van der Waals surface area contributed by atoms with Crippen molar-refractivity contribution in [3.8, 4) is 0 Å². The van der Waals surface area contributed by atoms with Gasteiger partial charge in [-0.05, 0) is 43.0 Å². The number of nitrogens with zero attached hydrogens (tertiary/aromatic N) is 6. The van der Waals surface area contributed by atoms with Crippen LogP contribution in [0.1, 0.15) is 30.1 Å². The van der Waals surface area contributed by atoms with Crippen molar-refractivity contribution in [3.05, 3.63) is 52.2 Å². The third-order valence-corrected chi connectivity index (χ3v) is 7.18. The van der Waals surface area contributed by atoms with Gasteiger partial charge >= 0.3 is 0 Å². The summed E-state index contributed by atoms with van der Waals surface area (Å²) in [6, 6.07) is 6.34. The van der Waals surface area contributed by atoms with Crippen LogP contribution in [0.4, 0.5) is 15.2 Å². The number of aromatic nitrogens is 3. The van der Waals surface area contributed by atoms with Crippen LogP contribution in [0.2, 0.25) is 0 Å². The number of piperidine rings is 1. The lowest BCUT2D eigenvalue weighted by Gasteiger charge is -2.36. The van der Waals surface area contributed by atoms with E-state index in [0.29, 0.717) is 37.1 Å². The van der Waals surface area contributed by atoms with E-state index in [0.717, 1.165) is 30.3 Å². The van der Waals surface area contributed by atoms with Crippen molar-refractivity contribution in [2.75, 3.05) is 49.1 Å². The van der Waals surface area contributed by atoms with Gasteiger partial charge in [0.25, 0.3) is 11.5 Å². The Morgan fingerprint density at radius 1 is 1.09 bits per heavy atom. The largest absolute Gasteiger partial charge is 0.368 e. The molecular formula is C22H25FN6O2S. The Kier molecular flexibility index (Phi) is 5.54. The predicted molar refractivity (Wildman–Crippen MR) is 122 cm³/mol. The van der Waals surface area contributed by atoms with Gasteiger partial charge in [0.2, 0.25) is 10.1 Å². The molecule has 0 spiro atoms. The van der Waals surface area contributed by atoms with Crippen LogP contribution in [0, 0.1) is 11.7 Å². The molecule has 0 N–H and O–H groups in total. The number of halogens is 1. The second-order valence-electron chi connectivity index (χ2n) is 8.51. The lowest BCUT2D eigenvalue weighted by atomic mass is 10.0. The van der Waals surface area contributed by atoms with Gasteiger partial charge in [-0.2, -0.15) is 4.52 Å². The van der Waals surface area contributed by atoms with E-state index in [1.807, 2.05) is 0 Å². The van der Waals surface area contributed by atoms with Crippen LogP contribution in [0.15, 0.2) is 35.3 Å². The average molecular weight is 457 g/mol. The van der Waals surface area contributed by atoms with Crippen LogP contribution in [0.3, 0.4) is 0 Å². The van der Waals surface area contributed by atoms with Gasteiger partial charge in [0, 0.05) is 51.2 Å². The van der Waals surface area contributed by atoms with Gasteiger partial charge in [-0.1, -0.05) is 18.3 Å². The van der Waals surface area contributed by atoms with E-state index >= 15 is 0 Å². The molecule has 32 heavy (non-hydrogen) atoms. The van der Waals surface area contributed by atoms with Crippen molar-refractivity contribution in [1.29, 1.82) is 0 Å². The van der Waals surface area contributed by atoms with Gasteiger partial charge < -0.3 is 14.7 Å². The van der Waals surface area contributed by atoms with E-state index in [9.17, 15) is 14.0 Å². The molecule has 1 unspecified atom stereocenters. The fraction of sp³-hybridized carbons (Fsp3) is 0.455. The van der Waals surface area contributed by atoms with Crippen LogP contribution < -0.4 is 15.4 Å². The number of rotatable bonds is 3. The fourth-order valence-corrected chi connectivity index (χ4v) is 5.30. The summed E-state index contributed by atoms with van der Waals surface area (Å²) in [5.41, 5.74) is 0.541. The van der Waals surface area contributed by atoms with Crippen LogP contribution >= 0.6 is 11.3 Å². The molecule has 5 rings (SSSR count). The average Bonchev–Trinajstić information content (AvgIpc) is 3.25. The summed E-state index contributed by atoms with van der Waals surface area (Å²) in [5, 5.41) is 5.27. The number of piperazine rings is 1. The van der Waals surface area contributed by atoms with Crippen molar-refractivity contribution < 1.29 is 9.18 Å². The van der Waals surface area contributed by atoms with E-state index < -0.39 is 5.56 Å². The van der Waals surface area contributed by atoms with E-state index in [1.165, 1.54) is 40.6 Å². The summed E-state index contributed by atoms with van der Waals surface area (Å²) < 4.78 is 14.4. The van der Waals surface area contributed by atoms with Crippen molar-refractivity contribution in [1.82, 2.24) is 19.5 Å². The van der Waals surface area contributed by atoms with Crippen LogP contribution in [-0.4, -0.2) is 64.7 Å². The third kappa shape index (κ3) is 3.94. The normalized spacial score (nSPS) is 19.6. The summed E-state index contributed by atoms with van der Waals surface area (Å²) >= 11 is 1.38. The molecule has 0 radical (unpaired) electrons. The Balaban J connectivity index is 1.32. The summed E-state index contributed by atoms with van der Waals surface area (Å²) in [4.78, 5) is 37.0. The second-order valence-corrected chi connectivity index (χ2v) is 9.44.